The zero-order chi connectivity index (χ0) is 9.10. The predicted molar refractivity (Wildman–Crippen MR) is 48.3 cm³/mol. The summed E-state index contributed by atoms with van der Waals surface area (Å²) in [6.45, 7) is 5.11. The number of rotatable bonds is 2. The third-order valence-electron chi connectivity index (χ3n) is 2.56. The number of aryl methyl sites for hydroxylation is 1. The lowest BCUT2D eigenvalue weighted by molar-refractivity contribution is 0.425. The third kappa shape index (κ3) is 1.70. The van der Waals surface area contributed by atoms with Crippen LogP contribution in [0, 0.1) is 0 Å². The summed E-state index contributed by atoms with van der Waals surface area (Å²) in [6, 6.07) is 0. The summed E-state index contributed by atoms with van der Waals surface area (Å²) in [4.78, 5) is 0. The van der Waals surface area contributed by atoms with Gasteiger partial charge in [-0.25, -0.2) is 4.68 Å². The zero-order valence-electron chi connectivity index (χ0n) is 7.90. The Labute approximate surface area is 77.5 Å². The summed E-state index contributed by atoms with van der Waals surface area (Å²) in [6.07, 6.45) is 2.31. The molecule has 1 fully saturated rings. The average Bonchev–Trinajstić information content (AvgIpc) is 2.67. The Morgan fingerprint density at radius 2 is 2.23 bits per heavy atom. The molecule has 2 rings (SSSR count). The molecule has 0 spiro atoms. The zero-order valence-corrected chi connectivity index (χ0v) is 7.90. The largest absolute Gasteiger partial charge is 0.317 e. The summed E-state index contributed by atoms with van der Waals surface area (Å²) in [5, 5.41) is 15.1. The van der Waals surface area contributed by atoms with Gasteiger partial charge in [-0.3, -0.25) is 0 Å². The van der Waals surface area contributed by atoms with Crippen molar-refractivity contribution in [2.45, 2.75) is 32.2 Å². The van der Waals surface area contributed by atoms with Crippen LogP contribution in [0.3, 0.4) is 0 Å². The molecule has 13 heavy (non-hydrogen) atoms. The number of hydrogen-bond donors (Lipinski definition) is 1. The van der Waals surface area contributed by atoms with Gasteiger partial charge >= 0.3 is 0 Å². The van der Waals surface area contributed by atoms with Crippen molar-refractivity contribution in [2.24, 2.45) is 0 Å². The van der Waals surface area contributed by atoms with Gasteiger partial charge in [0.2, 0.25) is 0 Å². The van der Waals surface area contributed by atoms with E-state index in [4.69, 9.17) is 0 Å². The van der Waals surface area contributed by atoms with Crippen LogP contribution in [0.4, 0.5) is 0 Å². The van der Waals surface area contributed by atoms with Gasteiger partial charge in [-0.1, -0.05) is 0 Å². The first-order valence-corrected chi connectivity index (χ1v) is 4.88. The Hall–Kier alpha value is -0.970. The first-order chi connectivity index (χ1) is 6.42. The fourth-order valence-electron chi connectivity index (χ4n) is 1.81. The van der Waals surface area contributed by atoms with E-state index in [9.17, 15) is 0 Å². The minimum atomic E-state index is 0.552. The summed E-state index contributed by atoms with van der Waals surface area (Å²) in [7, 11) is 0. The topological polar surface area (TPSA) is 55.6 Å². The van der Waals surface area contributed by atoms with Crippen LogP contribution in [0.2, 0.25) is 0 Å². The summed E-state index contributed by atoms with van der Waals surface area (Å²) in [5.74, 6) is 1.61. The first-order valence-electron chi connectivity index (χ1n) is 4.88. The molecule has 0 atom stereocenters. The summed E-state index contributed by atoms with van der Waals surface area (Å²) in [5.41, 5.74) is 0. The number of piperidine rings is 1. The molecule has 5 heteroatoms. The molecule has 1 aromatic heterocycles. The van der Waals surface area contributed by atoms with E-state index in [2.05, 4.69) is 27.8 Å². The molecule has 0 aliphatic carbocycles. The van der Waals surface area contributed by atoms with E-state index >= 15 is 0 Å². The highest BCUT2D eigenvalue weighted by molar-refractivity contribution is 4.95. The molecule has 0 bridgehead atoms. The van der Waals surface area contributed by atoms with Crippen LogP contribution in [-0.4, -0.2) is 33.3 Å². The van der Waals surface area contributed by atoms with Crippen LogP contribution < -0.4 is 5.32 Å². The molecule has 0 amide bonds. The van der Waals surface area contributed by atoms with Gasteiger partial charge in [-0.05, 0) is 43.3 Å². The molecule has 0 unspecified atom stereocenters. The highest BCUT2D eigenvalue weighted by atomic mass is 15.5. The first kappa shape index (κ1) is 8.62. The van der Waals surface area contributed by atoms with E-state index in [1.807, 2.05) is 4.68 Å². The van der Waals surface area contributed by atoms with Crippen molar-refractivity contribution in [1.29, 1.82) is 0 Å². The normalized spacial score (nSPS) is 19.2. The lowest BCUT2D eigenvalue weighted by Gasteiger charge is -2.21. The molecule has 1 aliphatic rings. The lowest BCUT2D eigenvalue weighted by Crippen LogP contribution is -2.28. The second-order valence-electron chi connectivity index (χ2n) is 3.38. The van der Waals surface area contributed by atoms with Crippen LogP contribution >= 0.6 is 0 Å². The summed E-state index contributed by atoms with van der Waals surface area (Å²) < 4.78 is 1.90. The number of tetrazole rings is 1. The molecule has 0 saturated carbocycles. The molecule has 1 aliphatic heterocycles. The van der Waals surface area contributed by atoms with Crippen LogP contribution in [0.1, 0.15) is 31.5 Å². The highest BCUT2D eigenvalue weighted by Crippen LogP contribution is 2.22. The van der Waals surface area contributed by atoms with Crippen molar-refractivity contribution in [3.8, 4) is 0 Å². The Morgan fingerprint density at radius 1 is 1.46 bits per heavy atom. The van der Waals surface area contributed by atoms with E-state index in [1.165, 1.54) is 0 Å². The lowest BCUT2D eigenvalue weighted by atomic mass is 9.97. The maximum atomic E-state index is 4.08. The minimum absolute atomic E-state index is 0.552. The number of nitrogens with one attached hydrogen (secondary N) is 1. The molecule has 2 heterocycles. The molecule has 0 radical (unpaired) electrons. The Balaban J connectivity index is 2.13. The van der Waals surface area contributed by atoms with Gasteiger partial charge in [-0.2, -0.15) is 0 Å². The van der Waals surface area contributed by atoms with Crippen molar-refractivity contribution in [2.75, 3.05) is 13.1 Å². The second-order valence-corrected chi connectivity index (χ2v) is 3.38. The quantitative estimate of drug-likeness (QED) is 0.706. The fourth-order valence-corrected chi connectivity index (χ4v) is 1.81. The van der Waals surface area contributed by atoms with Crippen LogP contribution in [-0.2, 0) is 6.54 Å². The molecule has 0 aromatic carbocycles. The van der Waals surface area contributed by atoms with E-state index in [-0.39, 0.29) is 0 Å². The van der Waals surface area contributed by atoms with E-state index in [1.54, 1.807) is 0 Å². The van der Waals surface area contributed by atoms with Crippen molar-refractivity contribution in [3.05, 3.63) is 5.82 Å². The monoisotopic (exact) mass is 181 g/mol. The Morgan fingerprint density at radius 3 is 2.92 bits per heavy atom. The molecule has 1 aromatic rings. The number of hydrogen-bond acceptors (Lipinski definition) is 4. The third-order valence-corrected chi connectivity index (χ3v) is 2.56. The molecular formula is C8H15N5. The van der Waals surface area contributed by atoms with Crippen LogP contribution in [0.15, 0.2) is 0 Å². The second kappa shape index (κ2) is 3.83. The Kier molecular flexibility index (Phi) is 2.54. The molecule has 1 N–H and O–H groups in total. The van der Waals surface area contributed by atoms with Gasteiger partial charge in [0, 0.05) is 12.5 Å². The van der Waals surface area contributed by atoms with Crippen molar-refractivity contribution < 1.29 is 0 Å². The number of nitrogens with zero attached hydrogens (tertiary/aromatic N) is 4. The van der Waals surface area contributed by atoms with Crippen molar-refractivity contribution >= 4 is 0 Å². The highest BCUT2D eigenvalue weighted by Gasteiger charge is 2.20. The fraction of sp³-hybridized carbons (Fsp3) is 0.875. The van der Waals surface area contributed by atoms with Crippen LogP contribution in [0.5, 0.6) is 0 Å². The molecule has 1 saturated heterocycles. The van der Waals surface area contributed by atoms with Crippen LogP contribution in [0.25, 0.3) is 0 Å². The van der Waals surface area contributed by atoms with Gasteiger partial charge in [0.25, 0.3) is 0 Å². The van der Waals surface area contributed by atoms with Gasteiger partial charge in [0.1, 0.15) is 0 Å². The number of aromatic nitrogens is 4. The van der Waals surface area contributed by atoms with Crippen molar-refractivity contribution in [1.82, 2.24) is 25.5 Å². The molecular weight excluding hydrogens is 166 g/mol. The predicted octanol–water partition coefficient (Wildman–Crippen LogP) is 0.160. The van der Waals surface area contributed by atoms with E-state index in [0.717, 1.165) is 38.3 Å². The van der Waals surface area contributed by atoms with E-state index < -0.39 is 0 Å². The van der Waals surface area contributed by atoms with Gasteiger partial charge < -0.3 is 5.32 Å². The average molecular weight is 181 g/mol. The standard InChI is InChI=1S/C8H15N5/c1-2-13-8(10-11-12-13)7-3-5-9-6-4-7/h7,9H,2-6H2,1H3. The maximum absolute atomic E-state index is 4.08. The molecule has 5 nitrogen and oxygen atoms in total. The van der Waals surface area contributed by atoms with E-state index in [0.29, 0.717) is 5.92 Å². The van der Waals surface area contributed by atoms with Gasteiger partial charge in [0.15, 0.2) is 5.82 Å². The van der Waals surface area contributed by atoms with Gasteiger partial charge in [0.05, 0.1) is 0 Å². The SMILES string of the molecule is CCn1nnnc1C1CCNCC1. The smallest absolute Gasteiger partial charge is 0.154 e. The molecule has 72 valence electrons. The minimum Gasteiger partial charge on any atom is -0.317 e. The van der Waals surface area contributed by atoms with Crippen molar-refractivity contribution in [3.63, 3.8) is 0 Å². The summed E-state index contributed by atoms with van der Waals surface area (Å²) >= 11 is 0. The maximum Gasteiger partial charge on any atom is 0.154 e. The Bertz CT molecular complexity index is 263. The van der Waals surface area contributed by atoms with Gasteiger partial charge in [-0.15, -0.1) is 5.10 Å².